The van der Waals surface area contributed by atoms with Gasteiger partial charge >= 0.3 is 6.36 Å². The van der Waals surface area contributed by atoms with Crippen LogP contribution < -0.4 is 4.74 Å². The summed E-state index contributed by atoms with van der Waals surface area (Å²) in [6, 6.07) is 3.24. The van der Waals surface area contributed by atoms with Gasteiger partial charge in [-0.2, -0.15) is 4.31 Å². The molecule has 1 fully saturated rings. The molecule has 0 radical (unpaired) electrons. The lowest BCUT2D eigenvalue weighted by Gasteiger charge is -2.43. The van der Waals surface area contributed by atoms with Crippen LogP contribution in [0.2, 0.25) is 0 Å². The number of ether oxygens (including phenoxy) is 1. The van der Waals surface area contributed by atoms with Crippen LogP contribution in [-0.4, -0.2) is 70.5 Å². The number of nitrogens with one attached hydrogen (secondary N) is 1. The largest absolute Gasteiger partial charge is 0.573 e. The number of amides is 1. The Morgan fingerprint density at radius 1 is 1.24 bits per heavy atom. The molecule has 0 saturated carbocycles. The fraction of sp³-hybridized carbons (Fsp3) is 0.438. The number of hydrogen-bond donors (Lipinski definition) is 1. The number of H-pyrrole nitrogens is 1. The van der Waals surface area contributed by atoms with Crippen LogP contribution >= 0.6 is 0 Å². The van der Waals surface area contributed by atoms with Crippen molar-refractivity contribution in [2.45, 2.75) is 37.2 Å². The molecule has 1 aromatic carbocycles. The fourth-order valence-electron chi connectivity index (χ4n) is 3.29. The quantitative estimate of drug-likeness (QED) is 0.785. The molecule has 1 aliphatic heterocycles. The molecule has 0 spiro atoms. The van der Waals surface area contributed by atoms with Gasteiger partial charge in [0, 0.05) is 31.2 Å². The maximum Gasteiger partial charge on any atom is 0.573 e. The van der Waals surface area contributed by atoms with E-state index in [1.165, 1.54) is 23.2 Å². The van der Waals surface area contributed by atoms with Crippen LogP contribution in [0.1, 0.15) is 24.3 Å². The molecule has 1 N–H and O–H groups in total. The number of benzene rings is 1. The summed E-state index contributed by atoms with van der Waals surface area (Å²) in [6.45, 7) is 3.32. The topological polar surface area (TPSA) is 108 Å². The summed E-state index contributed by atoms with van der Waals surface area (Å²) in [5.41, 5.74) is 0.178. The zero-order valence-electron chi connectivity index (χ0n) is 15.4. The minimum atomic E-state index is -4.93. The molecule has 1 amide bonds. The van der Waals surface area contributed by atoms with E-state index < -0.39 is 34.2 Å². The van der Waals surface area contributed by atoms with Crippen molar-refractivity contribution in [1.82, 2.24) is 24.6 Å². The van der Waals surface area contributed by atoms with E-state index >= 15 is 0 Å². The third kappa shape index (κ3) is 4.50. The third-order valence-electron chi connectivity index (χ3n) is 4.44. The Morgan fingerprint density at radius 2 is 1.90 bits per heavy atom. The molecule has 29 heavy (non-hydrogen) atoms. The SMILES string of the molecule is C[C@@H]1CN(S(=O)(=O)c2cccc(OC(F)(F)F)c2)C[C@H](C)N1C(=O)c1cnn[nH]1. The molecule has 1 saturated heterocycles. The Bertz CT molecular complexity index is 969. The van der Waals surface area contributed by atoms with E-state index in [1.807, 2.05) is 0 Å². The van der Waals surface area contributed by atoms with E-state index in [1.54, 1.807) is 13.8 Å². The Kier molecular flexibility index (Phi) is 5.54. The van der Waals surface area contributed by atoms with Crippen LogP contribution in [0.25, 0.3) is 0 Å². The molecule has 2 aromatic rings. The van der Waals surface area contributed by atoms with E-state index in [4.69, 9.17) is 0 Å². The van der Waals surface area contributed by atoms with E-state index in [0.29, 0.717) is 0 Å². The second-order valence-corrected chi connectivity index (χ2v) is 8.56. The smallest absolute Gasteiger partial charge is 0.406 e. The van der Waals surface area contributed by atoms with Gasteiger partial charge in [-0.15, -0.1) is 18.3 Å². The Morgan fingerprint density at radius 3 is 2.45 bits per heavy atom. The van der Waals surface area contributed by atoms with Gasteiger partial charge in [0.1, 0.15) is 11.4 Å². The lowest BCUT2D eigenvalue weighted by Crippen LogP contribution is -2.59. The van der Waals surface area contributed by atoms with Gasteiger partial charge in [-0.25, -0.2) is 8.42 Å². The van der Waals surface area contributed by atoms with E-state index in [2.05, 4.69) is 20.1 Å². The van der Waals surface area contributed by atoms with Crippen molar-refractivity contribution in [2.24, 2.45) is 0 Å². The summed E-state index contributed by atoms with van der Waals surface area (Å²) in [4.78, 5) is 13.8. The summed E-state index contributed by atoms with van der Waals surface area (Å²) in [6.07, 6.45) is -3.66. The van der Waals surface area contributed by atoms with Crippen molar-refractivity contribution in [3.63, 3.8) is 0 Å². The highest BCUT2D eigenvalue weighted by Gasteiger charge is 2.39. The summed E-state index contributed by atoms with van der Waals surface area (Å²) in [5.74, 6) is -0.993. The zero-order valence-corrected chi connectivity index (χ0v) is 16.2. The van der Waals surface area contributed by atoms with E-state index in [9.17, 15) is 26.4 Å². The second-order valence-electron chi connectivity index (χ2n) is 6.63. The van der Waals surface area contributed by atoms with Crippen molar-refractivity contribution in [3.8, 4) is 5.75 Å². The maximum absolute atomic E-state index is 13.0. The van der Waals surface area contributed by atoms with Crippen LogP contribution in [0.15, 0.2) is 35.4 Å². The normalized spacial score (nSPS) is 21.2. The van der Waals surface area contributed by atoms with Crippen LogP contribution in [0, 0.1) is 0 Å². The molecule has 13 heteroatoms. The monoisotopic (exact) mass is 433 g/mol. The number of carbonyl (C=O) groups is 1. The number of halogens is 3. The van der Waals surface area contributed by atoms with Crippen LogP contribution in [-0.2, 0) is 10.0 Å². The Balaban J connectivity index is 1.81. The molecule has 1 aliphatic rings. The maximum atomic E-state index is 13.0. The Hall–Kier alpha value is -2.67. The summed E-state index contributed by atoms with van der Waals surface area (Å²) >= 11 is 0. The number of nitrogens with zero attached hydrogens (tertiary/aromatic N) is 4. The van der Waals surface area contributed by atoms with E-state index in [0.717, 1.165) is 16.4 Å². The molecule has 9 nitrogen and oxygen atoms in total. The summed E-state index contributed by atoms with van der Waals surface area (Å²) in [5, 5.41) is 9.54. The molecule has 2 atom stereocenters. The lowest BCUT2D eigenvalue weighted by molar-refractivity contribution is -0.274. The number of sulfonamides is 1. The van der Waals surface area contributed by atoms with Crippen LogP contribution in [0.5, 0.6) is 5.75 Å². The van der Waals surface area contributed by atoms with Gasteiger partial charge in [0.05, 0.1) is 11.1 Å². The molecule has 3 rings (SSSR count). The lowest BCUT2D eigenvalue weighted by atomic mass is 10.1. The first-order chi connectivity index (χ1) is 13.5. The predicted octanol–water partition coefficient (Wildman–Crippen LogP) is 1.63. The van der Waals surface area contributed by atoms with Crippen molar-refractivity contribution in [1.29, 1.82) is 0 Å². The minimum Gasteiger partial charge on any atom is -0.406 e. The molecular weight excluding hydrogens is 415 g/mol. The van der Waals surface area contributed by atoms with Gasteiger partial charge in [0.25, 0.3) is 5.91 Å². The first kappa shape index (κ1) is 21.0. The van der Waals surface area contributed by atoms with Gasteiger partial charge in [0.15, 0.2) is 0 Å². The molecule has 0 unspecified atom stereocenters. The first-order valence-electron chi connectivity index (χ1n) is 8.53. The van der Waals surface area contributed by atoms with Crippen molar-refractivity contribution >= 4 is 15.9 Å². The first-order valence-corrected chi connectivity index (χ1v) is 9.97. The molecule has 0 aliphatic carbocycles. The molecule has 0 bridgehead atoms. The number of hydrogen-bond acceptors (Lipinski definition) is 6. The average molecular weight is 433 g/mol. The summed E-state index contributed by atoms with van der Waals surface area (Å²) < 4.78 is 68.2. The van der Waals surface area contributed by atoms with Crippen molar-refractivity contribution in [2.75, 3.05) is 13.1 Å². The van der Waals surface area contributed by atoms with Gasteiger partial charge < -0.3 is 9.64 Å². The number of alkyl halides is 3. The third-order valence-corrected chi connectivity index (χ3v) is 6.27. The standard InChI is InChI=1S/C16H18F3N5O4S/c1-10-8-23(9-11(2)24(10)15(25)14-7-20-22-21-14)29(26,27)13-5-3-4-12(6-13)28-16(17,18)19/h3-7,10-11H,8-9H2,1-2H3,(H,20,21,22)/t10-,11+. The fourth-order valence-corrected chi connectivity index (χ4v) is 4.93. The van der Waals surface area contributed by atoms with Gasteiger partial charge in [-0.3, -0.25) is 9.89 Å². The van der Waals surface area contributed by atoms with Crippen LogP contribution in [0.3, 0.4) is 0 Å². The van der Waals surface area contributed by atoms with Gasteiger partial charge in [0.2, 0.25) is 10.0 Å². The van der Waals surface area contributed by atoms with Gasteiger partial charge in [-0.05, 0) is 26.0 Å². The van der Waals surface area contributed by atoms with Crippen molar-refractivity contribution in [3.05, 3.63) is 36.2 Å². The number of carbonyl (C=O) groups excluding carboxylic acids is 1. The molecule has 1 aromatic heterocycles. The highest BCUT2D eigenvalue weighted by atomic mass is 32.2. The number of aromatic nitrogens is 3. The zero-order chi connectivity index (χ0) is 21.4. The molecular formula is C16H18F3N5O4S. The summed E-state index contributed by atoms with van der Waals surface area (Å²) in [7, 11) is -4.09. The highest BCUT2D eigenvalue weighted by molar-refractivity contribution is 7.89. The average Bonchev–Trinajstić information content (AvgIpc) is 3.14. The van der Waals surface area contributed by atoms with Gasteiger partial charge in [-0.1, -0.05) is 11.3 Å². The van der Waals surface area contributed by atoms with E-state index in [-0.39, 0.29) is 29.6 Å². The second kappa shape index (κ2) is 7.63. The highest BCUT2D eigenvalue weighted by Crippen LogP contribution is 2.28. The molecule has 2 heterocycles. The van der Waals surface area contributed by atoms with Crippen LogP contribution in [0.4, 0.5) is 13.2 Å². The number of piperazine rings is 1. The Labute approximate surface area is 164 Å². The number of rotatable bonds is 4. The van der Waals surface area contributed by atoms with Crippen molar-refractivity contribution < 1.29 is 31.1 Å². The molecule has 158 valence electrons. The number of aromatic amines is 1. The minimum absolute atomic E-state index is 0.0235. The predicted molar refractivity (Wildman–Crippen MR) is 93.4 cm³/mol.